The Morgan fingerprint density at radius 1 is 1.16 bits per heavy atom. The van der Waals surface area contributed by atoms with Gasteiger partial charge in [-0.25, -0.2) is 0 Å². The topological polar surface area (TPSA) is 115 Å². The molecule has 0 heterocycles. The smallest absolute Gasteiger partial charge is 0.416 e. The highest BCUT2D eigenvalue weighted by molar-refractivity contribution is 14.1. The van der Waals surface area contributed by atoms with Gasteiger partial charge in [-0.05, 0) is 71.5 Å². The molecular formula is C24H20F3IN4O5. The monoisotopic (exact) mass is 628 g/mol. The van der Waals surface area contributed by atoms with Gasteiger partial charge in [0.1, 0.15) is 5.69 Å². The Hall–Kier alpha value is -3.88. The van der Waals surface area contributed by atoms with Gasteiger partial charge in [-0.1, -0.05) is 17.7 Å². The fourth-order valence-electron chi connectivity index (χ4n) is 3.06. The Balaban J connectivity index is 1.70. The van der Waals surface area contributed by atoms with E-state index < -0.39 is 22.4 Å². The predicted octanol–water partition coefficient (Wildman–Crippen LogP) is 6.00. The molecule has 1 amide bonds. The molecule has 0 fully saturated rings. The van der Waals surface area contributed by atoms with E-state index in [9.17, 15) is 28.1 Å². The van der Waals surface area contributed by atoms with Crippen molar-refractivity contribution in [1.82, 2.24) is 0 Å². The SMILES string of the molecule is COc1cc(/C=N\Nc2ccc(C(F)(F)F)cc2[N+](=O)[O-])cc(I)c1OCC(=O)Nc1ccc(C)cc1. The molecule has 0 aliphatic carbocycles. The van der Waals surface area contributed by atoms with E-state index in [-0.39, 0.29) is 18.2 Å². The molecule has 194 valence electrons. The third-order valence-electron chi connectivity index (χ3n) is 4.86. The second-order valence-electron chi connectivity index (χ2n) is 7.59. The number of halogens is 4. The van der Waals surface area contributed by atoms with Gasteiger partial charge >= 0.3 is 6.18 Å². The number of hydrazone groups is 1. The van der Waals surface area contributed by atoms with Crippen LogP contribution in [0.5, 0.6) is 11.5 Å². The Morgan fingerprint density at radius 3 is 2.49 bits per heavy atom. The van der Waals surface area contributed by atoms with Crippen LogP contribution >= 0.6 is 22.6 Å². The molecule has 2 N–H and O–H groups in total. The van der Waals surface area contributed by atoms with Gasteiger partial charge in [0, 0.05) is 11.8 Å². The number of nitrogens with zero attached hydrogens (tertiary/aromatic N) is 2. The summed E-state index contributed by atoms with van der Waals surface area (Å²) in [7, 11) is 1.41. The molecule has 0 aliphatic heterocycles. The van der Waals surface area contributed by atoms with Gasteiger partial charge in [-0.2, -0.15) is 18.3 Å². The number of nitrogens with one attached hydrogen (secondary N) is 2. The summed E-state index contributed by atoms with van der Waals surface area (Å²) in [6, 6.07) is 12.6. The summed E-state index contributed by atoms with van der Waals surface area (Å²) in [5.74, 6) is 0.261. The summed E-state index contributed by atoms with van der Waals surface area (Å²) in [6.45, 7) is 1.67. The van der Waals surface area contributed by atoms with Gasteiger partial charge < -0.3 is 14.8 Å². The van der Waals surface area contributed by atoms with Gasteiger partial charge in [-0.3, -0.25) is 20.3 Å². The number of hydrogen-bond acceptors (Lipinski definition) is 7. The molecular weight excluding hydrogens is 608 g/mol. The first-order valence-corrected chi connectivity index (χ1v) is 11.6. The van der Waals surface area contributed by atoms with Crippen molar-refractivity contribution in [2.24, 2.45) is 5.10 Å². The van der Waals surface area contributed by atoms with E-state index in [1.54, 1.807) is 24.3 Å². The van der Waals surface area contributed by atoms with Gasteiger partial charge in [0.2, 0.25) is 0 Å². The number of benzene rings is 3. The van der Waals surface area contributed by atoms with Crippen LogP contribution in [0.4, 0.5) is 30.2 Å². The molecule has 13 heteroatoms. The average Bonchev–Trinajstić information content (AvgIpc) is 2.83. The quantitative estimate of drug-likeness (QED) is 0.130. The number of ether oxygens (including phenoxy) is 2. The number of amides is 1. The van der Waals surface area contributed by atoms with Crippen LogP contribution in [0.15, 0.2) is 59.7 Å². The molecule has 3 aromatic rings. The highest BCUT2D eigenvalue weighted by Gasteiger charge is 2.33. The normalized spacial score (nSPS) is 11.3. The van der Waals surface area contributed by atoms with Crippen molar-refractivity contribution in [3.63, 3.8) is 0 Å². The molecule has 37 heavy (non-hydrogen) atoms. The number of carbonyl (C=O) groups excluding carboxylic acids is 1. The number of nitro benzene ring substituents is 1. The van der Waals surface area contributed by atoms with Crippen molar-refractivity contribution < 1.29 is 32.4 Å². The van der Waals surface area contributed by atoms with Gasteiger partial charge in [0.15, 0.2) is 18.1 Å². The lowest BCUT2D eigenvalue weighted by molar-refractivity contribution is -0.384. The molecule has 0 saturated carbocycles. The second-order valence-corrected chi connectivity index (χ2v) is 8.76. The summed E-state index contributed by atoms with van der Waals surface area (Å²) in [6.07, 6.45) is -3.41. The zero-order valence-electron chi connectivity index (χ0n) is 19.4. The first-order valence-electron chi connectivity index (χ1n) is 10.5. The lowest BCUT2D eigenvalue weighted by atomic mass is 10.1. The van der Waals surface area contributed by atoms with E-state index in [4.69, 9.17) is 9.47 Å². The Bertz CT molecular complexity index is 1330. The maximum atomic E-state index is 12.9. The van der Waals surface area contributed by atoms with Crippen LogP contribution in [0.1, 0.15) is 16.7 Å². The van der Waals surface area contributed by atoms with Crippen molar-refractivity contribution in [3.8, 4) is 11.5 Å². The number of alkyl halides is 3. The van der Waals surface area contributed by atoms with Crippen LogP contribution in [0.2, 0.25) is 0 Å². The summed E-state index contributed by atoms with van der Waals surface area (Å²) in [5, 5.41) is 17.8. The second kappa shape index (κ2) is 11.9. The molecule has 0 bridgehead atoms. The molecule has 9 nitrogen and oxygen atoms in total. The van der Waals surface area contributed by atoms with E-state index in [0.717, 1.165) is 17.7 Å². The highest BCUT2D eigenvalue weighted by atomic mass is 127. The van der Waals surface area contributed by atoms with Gasteiger partial charge in [-0.15, -0.1) is 0 Å². The van der Waals surface area contributed by atoms with Gasteiger partial charge in [0.05, 0.1) is 27.4 Å². The van der Waals surface area contributed by atoms with Crippen LogP contribution in [0.25, 0.3) is 0 Å². The van der Waals surface area contributed by atoms with Crippen molar-refractivity contribution in [1.29, 1.82) is 0 Å². The van der Waals surface area contributed by atoms with E-state index >= 15 is 0 Å². The molecule has 0 spiro atoms. The average molecular weight is 628 g/mol. The number of aryl methyl sites for hydroxylation is 1. The highest BCUT2D eigenvalue weighted by Crippen LogP contribution is 2.35. The van der Waals surface area contributed by atoms with E-state index in [1.165, 1.54) is 13.3 Å². The van der Waals surface area contributed by atoms with Crippen LogP contribution in [0, 0.1) is 20.6 Å². The summed E-state index contributed by atoms with van der Waals surface area (Å²) >= 11 is 1.98. The first kappa shape index (κ1) is 27.7. The third kappa shape index (κ3) is 7.55. The minimum atomic E-state index is -4.72. The minimum Gasteiger partial charge on any atom is -0.493 e. The number of hydrogen-bond donors (Lipinski definition) is 2. The summed E-state index contributed by atoms with van der Waals surface area (Å²) in [4.78, 5) is 22.5. The third-order valence-corrected chi connectivity index (χ3v) is 5.66. The Labute approximate surface area is 223 Å². The Morgan fingerprint density at radius 2 is 1.86 bits per heavy atom. The predicted molar refractivity (Wildman–Crippen MR) is 140 cm³/mol. The largest absolute Gasteiger partial charge is 0.493 e. The van der Waals surface area contributed by atoms with Crippen molar-refractivity contribution in [3.05, 3.63) is 85.0 Å². The number of anilines is 2. The standard InChI is InChI=1S/C24H20F3IN4O5/c1-14-3-6-17(7-4-14)30-22(33)13-37-23-18(28)9-15(10-21(23)36-2)12-29-31-19-8-5-16(24(25,26)27)11-20(19)32(34)35/h3-12,31H,13H2,1-2H3,(H,30,33)/b29-12-. The summed E-state index contributed by atoms with van der Waals surface area (Å²) < 4.78 is 50.2. The van der Waals surface area contributed by atoms with E-state index in [0.29, 0.717) is 32.4 Å². The lowest BCUT2D eigenvalue weighted by Crippen LogP contribution is -2.20. The lowest BCUT2D eigenvalue weighted by Gasteiger charge is -2.13. The molecule has 0 atom stereocenters. The van der Waals surface area contributed by atoms with Crippen LogP contribution in [-0.4, -0.2) is 30.8 Å². The first-order chi connectivity index (χ1) is 17.5. The van der Waals surface area contributed by atoms with Crippen LogP contribution in [0.3, 0.4) is 0 Å². The Kier molecular flexibility index (Phi) is 8.91. The molecule has 0 saturated heterocycles. The van der Waals surface area contributed by atoms with Crippen molar-refractivity contribution in [2.45, 2.75) is 13.1 Å². The van der Waals surface area contributed by atoms with Crippen molar-refractivity contribution >= 4 is 51.8 Å². The molecule has 3 aromatic carbocycles. The zero-order chi connectivity index (χ0) is 27.2. The fourth-order valence-corrected chi connectivity index (χ4v) is 3.84. The van der Waals surface area contributed by atoms with Crippen LogP contribution in [-0.2, 0) is 11.0 Å². The number of nitro groups is 1. The summed E-state index contributed by atoms with van der Waals surface area (Å²) in [5.41, 5.74) is 2.46. The number of rotatable bonds is 9. The molecule has 0 unspecified atom stereocenters. The maximum Gasteiger partial charge on any atom is 0.416 e. The van der Waals surface area contributed by atoms with E-state index in [1.807, 2.05) is 41.6 Å². The number of carbonyl (C=O) groups is 1. The van der Waals surface area contributed by atoms with Crippen LogP contribution < -0.4 is 20.2 Å². The number of methoxy groups -OCH3 is 1. The van der Waals surface area contributed by atoms with E-state index in [2.05, 4.69) is 15.8 Å². The maximum absolute atomic E-state index is 12.9. The van der Waals surface area contributed by atoms with Gasteiger partial charge in [0.25, 0.3) is 11.6 Å². The molecule has 3 rings (SSSR count). The van der Waals surface area contributed by atoms with Crippen molar-refractivity contribution in [2.75, 3.05) is 24.5 Å². The molecule has 0 aliphatic rings. The molecule has 0 aromatic heterocycles. The minimum absolute atomic E-state index is 0.213. The fraction of sp³-hybridized carbons (Fsp3) is 0.167. The molecule has 0 radical (unpaired) electrons. The zero-order valence-corrected chi connectivity index (χ0v) is 21.6.